The zero-order valence-corrected chi connectivity index (χ0v) is 16.0. The van der Waals surface area contributed by atoms with Gasteiger partial charge in [0, 0.05) is 0 Å². The number of methoxy groups -OCH3 is 1. The molecule has 6 nitrogen and oxygen atoms in total. The largest absolute Gasteiger partial charge is 0.495 e. The summed E-state index contributed by atoms with van der Waals surface area (Å²) in [7, 11) is 1.57. The minimum absolute atomic E-state index is 0.332. The molecule has 2 amide bonds. The first-order valence-electron chi connectivity index (χ1n) is 8.79. The number of rotatable bonds is 5. The number of amides is 2. The maximum Gasteiger partial charge on any atom is 0.323 e. The molecule has 27 heavy (non-hydrogen) atoms. The fraction of sp³-hybridized carbons (Fsp3) is 0.238. The first kappa shape index (κ1) is 18.5. The topological polar surface area (TPSA) is 68.2 Å². The van der Waals surface area contributed by atoms with Crippen molar-refractivity contribution in [1.29, 1.82) is 0 Å². The van der Waals surface area contributed by atoms with E-state index in [4.69, 9.17) is 4.74 Å². The summed E-state index contributed by atoms with van der Waals surface area (Å²) in [4.78, 5) is 12.5. The molecule has 1 aromatic heterocycles. The SMILES string of the molecule is COc1ccccc1NC(=O)Nc1c(C)nn(Cc2ccccc2C)c1C. The summed E-state index contributed by atoms with van der Waals surface area (Å²) in [6, 6.07) is 15.2. The number of nitrogens with zero attached hydrogens (tertiary/aromatic N) is 2. The monoisotopic (exact) mass is 364 g/mol. The molecule has 0 saturated carbocycles. The summed E-state index contributed by atoms with van der Waals surface area (Å²) >= 11 is 0. The minimum atomic E-state index is -0.332. The van der Waals surface area contributed by atoms with Gasteiger partial charge in [-0.25, -0.2) is 4.79 Å². The Morgan fingerprint density at radius 3 is 2.48 bits per heavy atom. The number of hydrogen-bond donors (Lipinski definition) is 2. The van der Waals surface area contributed by atoms with E-state index in [0.29, 0.717) is 18.0 Å². The van der Waals surface area contributed by atoms with Crippen LogP contribution >= 0.6 is 0 Å². The predicted octanol–water partition coefficient (Wildman–Crippen LogP) is 4.51. The maximum atomic E-state index is 12.5. The van der Waals surface area contributed by atoms with E-state index in [1.807, 2.05) is 42.8 Å². The molecule has 2 N–H and O–H groups in total. The Morgan fingerprint density at radius 2 is 1.74 bits per heavy atom. The van der Waals surface area contributed by atoms with Crippen molar-refractivity contribution < 1.29 is 9.53 Å². The molecule has 0 aliphatic heterocycles. The zero-order valence-electron chi connectivity index (χ0n) is 16.0. The van der Waals surface area contributed by atoms with Crippen molar-refractivity contribution >= 4 is 17.4 Å². The summed E-state index contributed by atoms with van der Waals surface area (Å²) in [6.07, 6.45) is 0. The van der Waals surface area contributed by atoms with Crippen LogP contribution in [-0.2, 0) is 6.54 Å². The molecule has 0 aliphatic carbocycles. The highest BCUT2D eigenvalue weighted by Gasteiger charge is 2.15. The highest BCUT2D eigenvalue weighted by molar-refractivity contribution is 6.01. The van der Waals surface area contributed by atoms with Crippen LogP contribution in [0.2, 0.25) is 0 Å². The Kier molecular flexibility index (Phi) is 5.45. The number of nitrogens with one attached hydrogen (secondary N) is 2. The Balaban J connectivity index is 1.76. The maximum absolute atomic E-state index is 12.5. The number of anilines is 2. The second-order valence-electron chi connectivity index (χ2n) is 6.41. The van der Waals surface area contributed by atoms with Crippen molar-refractivity contribution in [2.24, 2.45) is 0 Å². The van der Waals surface area contributed by atoms with Gasteiger partial charge in [0.05, 0.1) is 36.4 Å². The highest BCUT2D eigenvalue weighted by atomic mass is 16.5. The molecule has 3 rings (SSSR count). The molecule has 2 aromatic carbocycles. The molecule has 0 bridgehead atoms. The molecule has 0 saturated heterocycles. The molecular weight excluding hydrogens is 340 g/mol. The highest BCUT2D eigenvalue weighted by Crippen LogP contribution is 2.25. The molecule has 0 radical (unpaired) electrons. The number of ether oxygens (including phenoxy) is 1. The lowest BCUT2D eigenvalue weighted by molar-refractivity contribution is 0.262. The Bertz CT molecular complexity index is 963. The average Bonchev–Trinajstić information content (AvgIpc) is 2.91. The number of aromatic nitrogens is 2. The smallest absolute Gasteiger partial charge is 0.323 e. The van der Waals surface area contributed by atoms with Gasteiger partial charge in [-0.3, -0.25) is 4.68 Å². The fourth-order valence-corrected chi connectivity index (χ4v) is 3.00. The van der Waals surface area contributed by atoms with Crippen molar-refractivity contribution in [3.8, 4) is 5.75 Å². The molecular formula is C21H24N4O2. The van der Waals surface area contributed by atoms with E-state index in [9.17, 15) is 4.79 Å². The number of carbonyl (C=O) groups is 1. The van der Waals surface area contributed by atoms with E-state index in [1.54, 1.807) is 19.2 Å². The number of carbonyl (C=O) groups excluding carboxylic acids is 1. The van der Waals surface area contributed by atoms with Crippen molar-refractivity contribution in [1.82, 2.24) is 9.78 Å². The molecule has 0 spiro atoms. The van der Waals surface area contributed by atoms with Crippen molar-refractivity contribution in [2.75, 3.05) is 17.7 Å². The Morgan fingerprint density at radius 1 is 1.04 bits per heavy atom. The molecule has 0 atom stereocenters. The lowest BCUT2D eigenvalue weighted by Crippen LogP contribution is -2.20. The van der Waals surface area contributed by atoms with Crippen LogP contribution in [-0.4, -0.2) is 22.9 Å². The Hall–Kier alpha value is -3.28. The van der Waals surface area contributed by atoms with Crippen LogP contribution in [0.1, 0.15) is 22.5 Å². The van der Waals surface area contributed by atoms with E-state index in [-0.39, 0.29) is 6.03 Å². The number of aryl methyl sites for hydroxylation is 2. The van der Waals surface area contributed by atoms with Crippen molar-refractivity contribution in [3.63, 3.8) is 0 Å². The molecule has 140 valence electrons. The van der Waals surface area contributed by atoms with Gasteiger partial charge in [-0.2, -0.15) is 5.10 Å². The average molecular weight is 364 g/mol. The van der Waals surface area contributed by atoms with Crippen LogP contribution in [0.15, 0.2) is 48.5 Å². The summed E-state index contributed by atoms with van der Waals surface area (Å²) < 4.78 is 7.18. The molecule has 0 unspecified atom stereocenters. The van der Waals surface area contributed by atoms with Crippen LogP contribution in [0.5, 0.6) is 5.75 Å². The third-order valence-electron chi connectivity index (χ3n) is 4.56. The Labute approximate surface area is 159 Å². The number of para-hydroxylation sites is 2. The van der Waals surface area contributed by atoms with Gasteiger partial charge in [-0.15, -0.1) is 0 Å². The zero-order chi connectivity index (χ0) is 19.4. The second-order valence-corrected chi connectivity index (χ2v) is 6.41. The van der Waals surface area contributed by atoms with Gasteiger partial charge in [-0.05, 0) is 44.0 Å². The summed E-state index contributed by atoms with van der Waals surface area (Å²) in [5.74, 6) is 0.608. The van der Waals surface area contributed by atoms with E-state index >= 15 is 0 Å². The third-order valence-corrected chi connectivity index (χ3v) is 4.56. The van der Waals surface area contributed by atoms with Gasteiger partial charge in [-0.1, -0.05) is 36.4 Å². The molecule has 0 aliphatic rings. The van der Waals surface area contributed by atoms with E-state index in [2.05, 4.69) is 34.8 Å². The first-order chi connectivity index (χ1) is 13.0. The normalized spacial score (nSPS) is 10.5. The van der Waals surface area contributed by atoms with Gasteiger partial charge >= 0.3 is 6.03 Å². The van der Waals surface area contributed by atoms with Crippen LogP contribution in [0.3, 0.4) is 0 Å². The van der Waals surface area contributed by atoms with Gasteiger partial charge in [0.1, 0.15) is 5.75 Å². The van der Waals surface area contributed by atoms with Crippen LogP contribution < -0.4 is 15.4 Å². The van der Waals surface area contributed by atoms with Crippen LogP contribution in [0.4, 0.5) is 16.2 Å². The second kappa shape index (κ2) is 7.95. The quantitative estimate of drug-likeness (QED) is 0.700. The lowest BCUT2D eigenvalue weighted by Gasteiger charge is -2.11. The number of benzene rings is 2. The van der Waals surface area contributed by atoms with E-state index in [1.165, 1.54) is 11.1 Å². The number of hydrogen-bond acceptors (Lipinski definition) is 3. The molecule has 3 aromatic rings. The fourth-order valence-electron chi connectivity index (χ4n) is 3.00. The molecule has 1 heterocycles. The minimum Gasteiger partial charge on any atom is -0.495 e. The lowest BCUT2D eigenvalue weighted by atomic mass is 10.1. The van der Waals surface area contributed by atoms with Gasteiger partial charge in [0.15, 0.2) is 0 Å². The van der Waals surface area contributed by atoms with Crippen LogP contribution in [0.25, 0.3) is 0 Å². The standard InChI is InChI=1S/C21H24N4O2/c1-14-9-5-6-10-17(14)13-25-16(3)20(15(2)24-25)23-21(26)22-18-11-7-8-12-19(18)27-4/h5-12H,13H2,1-4H3,(H2,22,23,26). The number of urea groups is 1. The van der Waals surface area contributed by atoms with E-state index < -0.39 is 0 Å². The van der Waals surface area contributed by atoms with Gasteiger partial charge < -0.3 is 15.4 Å². The molecule has 0 fully saturated rings. The summed E-state index contributed by atoms with van der Waals surface area (Å²) in [5, 5.41) is 10.3. The van der Waals surface area contributed by atoms with Crippen molar-refractivity contribution in [2.45, 2.75) is 27.3 Å². The van der Waals surface area contributed by atoms with Gasteiger partial charge in [0.2, 0.25) is 0 Å². The predicted molar refractivity (Wildman–Crippen MR) is 108 cm³/mol. The first-order valence-corrected chi connectivity index (χ1v) is 8.79. The van der Waals surface area contributed by atoms with Gasteiger partial charge in [0.25, 0.3) is 0 Å². The third kappa shape index (κ3) is 4.11. The van der Waals surface area contributed by atoms with Crippen molar-refractivity contribution in [3.05, 3.63) is 71.0 Å². The van der Waals surface area contributed by atoms with E-state index in [0.717, 1.165) is 17.1 Å². The summed E-state index contributed by atoms with van der Waals surface area (Å²) in [5.41, 5.74) is 5.43. The van der Waals surface area contributed by atoms with Crippen LogP contribution in [0, 0.1) is 20.8 Å². The molecule has 6 heteroatoms. The summed E-state index contributed by atoms with van der Waals surface area (Å²) in [6.45, 7) is 6.59.